The summed E-state index contributed by atoms with van der Waals surface area (Å²) in [7, 11) is 0. The molecule has 0 spiro atoms. The van der Waals surface area contributed by atoms with Crippen molar-refractivity contribution in [3.05, 3.63) is 0 Å². The number of amides is 2. The third-order valence-corrected chi connectivity index (χ3v) is 6.94. The van der Waals surface area contributed by atoms with Crippen LogP contribution in [-0.2, 0) is 19.1 Å². The highest BCUT2D eigenvalue weighted by atomic mass is 16.5. The minimum atomic E-state index is -0.732. The van der Waals surface area contributed by atoms with Gasteiger partial charge in [-0.2, -0.15) is 0 Å². The molecule has 0 fully saturated rings. The van der Waals surface area contributed by atoms with Gasteiger partial charge in [0, 0.05) is 6.42 Å². The van der Waals surface area contributed by atoms with Crippen LogP contribution in [0.1, 0.15) is 142 Å². The summed E-state index contributed by atoms with van der Waals surface area (Å²) < 4.78 is 5.14. The first-order chi connectivity index (χ1) is 18.5. The molecule has 0 saturated carbocycles. The van der Waals surface area contributed by atoms with Crippen molar-refractivity contribution in [1.29, 1.82) is 0 Å². The number of ether oxygens (including phenoxy) is 1. The van der Waals surface area contributed by atoms with E-state index in [0.717, 1.165) is 38.5 Å². The number of unbranched alkanes of at least 4 members (excludes halogenated alkanes) is 14. The van der Waals surface area contributed by atoms with Crippen LogP contribution >= 0.6 is 0 Å². The summed E-state index contributed by atoms with van der Waals surface area (Å²) in [5.74, 6) is -0.903. The SMILES string of the molecule is CCCCCCCCCCCCCCCC(=O)N[C@H](CCCCN)C(=O)N[C@@H](CCCCN)C(=O)OCC. The molecule has 0 bridgehead atoms. The number of nitrogens with one attached hydrogen (secondary N) is 2. The Labute approximate surface area is 233 Å². The lowest BCUT2D eigenvalue weighted by Crippen LogP contribution is -2.52. The molecule has 0 heterocycles. The van der Waals surface area contributed by atoms with Crippen LogP contribution in [0.3, 0.4) is 0 Å². The summed E-state index contributed by atoms with van der Waals surface area (Å²) in [6.07, 6.45) is 20.7. The second-order valence-corrected chi connectivity index (χ2v) is 10.5. The highest BCUT2D eigenvalue weighted by molar-refractivity contribution is 5.90. The second-order valence-electron chi connectivity index (χ2n) is 10.5. The fraction of sp³-hybridized carbons (Fsp3) is 0.900. The molecular weight excluding hydrogens is 480 g/mol. The highest BCUT2D eigenvalue weighted by Gasteiger charge is 2.27. The third kappa shape index (κ3) is 21.3. The minimum Gasteiger partial charge on any atom is -0.464 e. The molecule has 0 unspecified atom stereocenters. The van der Waals surface area contributed by atoms with E-state index in [0.29, 0.717) is 38.8 Å². The fourth-order valence-corrected chi connectivity index (χ4v) is 4.59. The molecule has 2 amide bonds. The lowest BCUT2D eigenvalue weighted by Gasteiger charge is -2.22. The van der Waals surface area contributed by atoms with E-state index in [4.69, 9.17) is 16.2 Å². The van der Waals surface area contributed by atoms with Crippen molar-refractivity contribution in [2.24, 2.45) is 11.5 Å². The van der Waals surface area contributed by atoms with Gasteiger partial charge in [-0.25, -0.2) is 4.79 Å². The van der Waals surface area contributed by atoms with Crippen LogP contribution < -0.4 is 22.1 Å². The third-order valence-electron chi connectivity index (χ3n) is 6.94. The van der Waals surface area contributed by atoms with Crippen molar-refractivity contribution in [3.8, 4) is 0 Å². The molecule has 0 rings (SSSR count). The van der Waals surface area contributed by atoms with Crippen LogP contribution in [0.4, 0.5) is 0 Å². The number of rotatable bonds is 27. The zero-order valence-electron chi connectivity index (χ0n) is 24.7. The summed E-state index contributed by atoms with van der Waals surface area (Å²) in [4.78, 5) is 38.0. The quantitative estimate of drug-likeness (QED) is 0.0829. The maximum Gasteiger partial charge on any atom is 0.328 e. The molecule has 0 aromatic heterocycles. The van der Waals surface area contributed by atoms with Crippen LogP contribution in [0.25, 0.3) is 0 Å². The molecule has 0 aliphatic heterocycles. The standard InChI is InChI=1S/C30H60N4O4/c1-3-5-6-7-8-9-10-11-12-13-14-15-16-23-28(35)33-26(21-17-19-24-31)29(36)34-27(22-18-20-25-32)30(37)38-4-2/h26-27H,3-25,31-32H2,1-2H3,(H,33,35)(H,34,36)/t26-,27+/m1/s1. The lowest BCUT2D eigenvalue weighted by atomic mass is 10.0. The van der Waals surface area contributed by atoms with E-state index in [1.807, 2.05) is 0 Å². The second kappa shape index (κ2) is 26.9. The molecule has 0 radical (unpaired) electrons. The van der Waals surface area contributed by atoms with Gasteiger partial charge in [0.1, 0.15) is 12.1 Å². The van der Waals surface area contributed by atoms with Gasteiger partial charge in [-0.3, -0.25) is 9.59 Å². The van der Waals surface area contributed by atoms with Gasteiger partial charge >= 0.3 is 5.97 Å². The fourth-order valence-electron chi connectivity index (χ4n) is 4.59. The smallest absolute Gasteiger partial charge is 0.328 e. The van der Waals surface area contributed by atoms with E-state index in [2.05, 4.69) is 17.6 Å². The van der Waals surface area contributed by atoms with Crippen molar-refractivity contribution in [2.45, 2.75) is 154 Å². The number of nitrogens with two attached hydrogens (primary N) is 2. The van der Waals surface area contributed by atoms with E-state index in [-0.39, 0.29) is 18.4 Å². The van der Waals surface area contributed by atoms with Crippen LogP contribution in [-0.4, -0.2) is 49.6 Å². The number of hydrogen-bond acceptors (Lipinski definition) is 6. The van der Waals surface area contributed by atoms with Crippen molar-refractivity contribution < 1.29 is 19.1 Å². The average Bonchev–Trinajstić information content (AvgIpc) is 2.90. The Morgan fingerprint density at radius 1 is 0.605 bits per heavy atom. The summed E-state index contributed by atoms with van der Waals surface area (Å²) >= 11 is 0. The van der Waals surface area contributed by atoms with E-state index in [9.17, 15) is 14.4 Å². The van der Waals surface area contributed by atoms with Gasteiger partial charge in [-0.1, -0.05) is 84.0 Å². The van der Waals surface area contributed by atoms with Crippen LogP contribution in [0.15, 0.2) is 0 Å². The molecule has 0 aromatic carbocycles. The zero-order chi connectivity index (χ0) is 28.3. The minimum absolute atomic E-state index is 0.114. The highest BCUT2D eigenvalue weighted by Crippen LogP contribution is 2.13. The van der Waals surface area contributed by atoms with Gasteiger partial charge in [-0.15, -0.1) is 0 Å². The summed E-state index contributed by atoms with van der Waals surface area (Å²) in [6.45, 7) is 5.30. The van der Waals surface area contributed by atoms with Gasteiger partial charge < -0.3 is 26.8 Å². The average molecular weight is 541 g/mol. The van der Waals surface area contributed by atoms with Crippen molar-refractivity contribution >= 4 is 17.8 Å². The normalized spacial score (nSPS) is 12.6. The first kappa shape index (κ1) is 36.3. The first-order valence-corrected chi connectivity index (χ1v) is 15.7. The molecule has 0 aliphatic rings. The van der Waals surface area contributed by atoms with Crippen molar-refractivity contribution in [1.82, 2.24) is 10.6 Å². The molecule has 6 N–H and O–H groups in total. The van der Waals surface area contributed by atoms with Crippen molar-refractivity contribution in [2.75, 3.05) is 19.7 Å². The molecule has 2 atom stereocenters. The van der Waals surface area contributed by atoms with Crippen molar-refractivity contribution in [3.63, 3.8) is 0 Å². The Kier molecular flexibility index (Phi) is 25.7. The van der Waals surface area contributed by atoms with E-state index < -0.39 is 18.1 Å². The van der Waals surface area contributed by atoms with Gasteiger partial charge in [0.2, 0.25) is 11.8 Å². The lowest BCUT2D eigenvalue weighted by molar-refractivity contribution is -0.148. The van der Waals surface area contributed by atoms with Crippen LogP contribution in [0.2, 0.25) is 0 Å². The summed E-state index contributed by atoms with van der Waals surface area (Å²) in [5, 5.41) is 5.71. The molecule has 0 saturated heterocycles. The number of carbonyl (C=O) groups excluding carboxylic acids is 3. The predicted octanol–water partition coefficient (Wildman–Crippen LogP) is 5.26. The maximum absolute atomic E-state index is 13.0. The predicted molar refractivity (Wildman–Crippen MR) is 157 cm³/mol. The summed E-state index contributed by atoms with van der Waals surface area (Å²) in [5.41, 5.74) is 11.2. The monoisotopic (exact) mass is 540 g/mol. The topological polar surface area (TPSA) is 137 Å². The van der Waals surface area contributed by atoms with Gasteiger partial charge in [0.25, 0.3) is 0 Å². The number of carbonyl (C=O) groups is 3. The number of esters is 1. The Bertz CT molecular complexity index is 589. The van der Waals surface area contributed by atoms with Gasteiger partial charge in [0.05, 0.1) is 6.61 Å². The molecule has 8 heteroatoms. The molecular formula is C30H60N4O4. The van der Waals surface area contributed by atoms with Crippen LogP contribution in [0, 0.1) is 0 Å². The van der Waals surface area contributed by atoms with Gasteiger partial charge in [0.15, 0.2) is 0 Å². The first-order valence-electron chi connectivity index (χ1n) is 15.7. The summed E-state index contributed by atoms with van der Waals surface area (Å²) in [6, 6.07) is -1.41. The Morgan fingerprint density at radius 2 is 1.08 bits per heavy atom. The maximum atomic E-state index is 13.0. The van der Waals surface area contributed by atoms with Gasteiger partial charge in [-0.05, 0) is 65.0 Å². The molecule has 38 heavy (non-hydrogen) atoms. The van der Waals surface area contributed by atoms with E-state index in [1.165, 1.54) is 64.2 Å². The largest absolute Gasteiger partial charge is 0.464 e. The zero-order valence-corrected chi connectivity index (χ0v) is 24.7. The molecule has 224 valence electrons. The Morgan fingerprint density at radius 3 is 1.55 bits per heavy atom. The van der Waals surface area contributed by atoms with Crippen LogP contribution in [0.5, 0.6) is 0 Å². The van der Waals surface area contributed by atoms with E-state index >= 15 is 0 Å². The molecule has 0 aliphatic carbocycles. The Balaban J connectivity index is 4.37. The van der Waals surface area contributed by atoms with E-state index in [1.54, 1.807) is 6.92 Å². The number of hydrogen-bond donors (Lipinski definition) is 4. The molecule has 8 nitrogen and oxygen atoms in total. The Hall–Kier alpha value is -1.67. The molecule has 0 aromatic rings.